The van der Waals surface area contributed by atoms with Gasteiger partial charge in [0, 0.05) is 0 Å². The molecule has 2 rings (SSSR count). The number of hydrogen-bond donors (Lipinski definition) is 2. The third kappa shape index (κ3) is 6.27. The number of carbonyl (C=O) groups is 2. The minimum Gasteiger partial charge on any atom is -0.497 e. The van der Waals surface area contributed by atoms with Crippen molar-refractivity contribution in [1.29, 1.82) is 0 Å². The molecule has 0 aliphatic heterocycles. The minimum absolute atomic E-state index is 0.144. The van der Waals surface area contributed by atoms with E-state index in [1.54, 1.807) is 50.6 Å². The van der Waals surface area contributed by atoms with E-state index in [9.17, 15) is 9.59 Å². The van der Waals surface area contributed by atoms with Crippen LogP contribution in [0.4, 0.5) is 0 Å². The summed E-state index contributed by atoms with van der Waals surface area (Å²) in [5.74, 6) is 0.816. The highest BCUT2D eigenvalue weighted by atomic mass is 16.5. The standard InChI is InChI=1S/C19H21N3O4/c1-25-16-7-3-14(4-8-16)11-18(23)20-13-19(24)22-21-12-15-5-9-17(26-2)10-6-15/h3-10,12H,11,13H2,1-2H3,(H,20,23)(H,22,24)/b21-12+. The Bertz CT molecular complexity index is 755. The van der Waals surface area contributed by atoms with Crippen LogP contribution in [0, 0.1) is 0 Å². The van der Waals surface area contributed by atoms with Crippen LogP contribution in [-0.4, -0.2) is 38.8 Å². The largest absolute Gasteiger partial charge is 0.497 e. The molecule has 0 bridgehead atoms. The molecule has 2 aromatic carbocycles. The van der Waals surface area contributed by atoms with Crippen molar-refractivity contribution in [3.8, 4) is 11.5 Å². The van der Waals surface area contributed by atoms with Crippen LogP contribution in [-0.2, 0) is 16.0 Å². The summed E-state index contributed by atoms with van der Waals surface area (Å²) in [7, 11) is 3.17. The lowest BCUT2D eigenvalue weighted by atomic mass is 10.1. The molecule has 0 spiro atoms. The number of hydrogen-bond acceptors (Lipinski definition) is 5. The first-order valence-electron chi connectivity index (χ1n) is 7.96. The second-order valence-electron chi connectivity index (χ2n) is 5.37. The summed E-state index contributed by atoms with van der Waals surface area (Å²) >= 11 is 0. The van der Waals surface area contributed by atoms with Gasteiger partial charge in [-0.05, 0) is 47.5 Å². The molecule has 26 heavy (non-hydrogen) atoms. The number of methoxy groups -OCH3 is 2. The first-order chi connectivity index (χ1) is 12.6. The van der Waals surface area contributed by atoms with Crippen molar-refractivity contribution in [3.63, 3.8) is 0 Å². The summed E-state index contributed by atoms with van der Waals surface area (Å²) in [6.07, 6.45) is 1.70. The molecular weight excluding hydrogens is 334 g/mol. The van der Waals surface area contributed by atoms with Gasteiger partial charge in [-0.1, -0.05) is 12.1 Å². The Labute approximate surface area is 152 Å². The highest BCUT2D eigenvalue weighted by molar-refractivity contribution is 5.87. The summed E-state index contributed by atoms with van der Waals surface area (Å²) in [6, 6.07) is 14.4. The fourth-order valence-electron chi connectivity index (χ4n) is 2.08. The molecule has 0 unspecified atom stereocenters. The molecule has 2 N–H and O–H groups in total. The van der Waals surface area contributed by atoms with Crippen molar-refractivity contribution in [1.82, 2.24) is 10.7 Å². The highest BCUT2D eigenvalue weighted by Crippen LogP contribution is 2.11. The summed E-state index contributed by atoms with van der Waals surface area (Å²) in [4.78, 5) is 23.6. The van der Waals surface area contributed by atoms with Gasteiger partial charge in [-0.2, -0.15) is 5.10 Å². The van der Waals surface area contributed by atoms with E-state index in [1.165, 1.54) is 6.21 Å². The van der Waals surface area contributed by atoms with E-state index in [0.717, 1.165) is 22.6 Å². The van der Waals surface area contributed by atoms with Gasteiger partial charge in [-0.3, -0.25) is 9.59 Å². The summed E-state index contributed by atoms with van der Waals surface area (Å²) < 4.78 is 10.1. The van der Waals surface area contributed by atoms with Gasteiger partial charge in [0.05, 0.1) is 33.4 Å². The zero-order valence-corrected chi connectivity index (χ0v) is 14.7. The average molecular weight is 355 g/mol. The second-order valence-corrected chi connectivity index (χ2v) is 5.37. The fourth-order valence-corrected chi connectivity index (χ4v) is 2.08. The van der Waals surface area contributed by atoms with Crippen LogP contribution in [0.25, 0.3) is 0 Å². The van der Waals surface area contributed by atoms with Crippen LogP contribution >= 0.6 is 0 Å². The van der Waals surface area contributed by atoms with E-state index in [0.29, 0.717) is 0 Å². The van der Waals surface area contributed by atoms with Gasteiger partial charge in [-0.25, -0.2) is 5.43 Å². The number of ether oxygens (including phenoxy) is 2. The zero-order chi connectivity index (χ0) is 18.8. The van der Waals surface area contributed by atoms with Crippen molar-refractivity contribution in [2.75, 3.05) is 20.8 Å². The lowest BCUT2D eigenvalue weighted by Crippen LogP contribution is -2.35. The molecule has 7 heteroatoms. The molecular formula is C19H21N3O4. The molecule has 0 saturated carbocycles. The quantitative estimate of drug-likeness (QED) is 0.555. The van der Waals surface area contributed by atoms with Crippen molar-refractivity contribution in [2.45, 2.75) is 6.42 Å². The predicted octanol–water partition coefficient (Wildman–Crippen LogP) is 1.51. The van der Waals surface area contributed by atoms with E-state index in [1.807, 2.05) is 12.1 Å². The van der Waals surface area contributed by atoms with Gasteiger partial charge >= 0.3 is 0 Å². The minimum atomic E-state index is -0.405. The summed E-state index contributed by atoms with van der Waals surface area (Å²) in [6.45, 7) is -0.144. The Morgan fingerprint density at radius 1 is 0.923 bits per heavy atom. The molecule has 2 amide bonds. The Hall–Kier alpha value is -3.35. The number of nitrogens with one attached hydrogen (secondary N) is 2. The number of nitrogens with zero attached hydrogens (tertiary/aromatic N) is 1. The van der Waals surface area contributed by atoms with Crippen LogP contribution in [0.5, 0.6) is 11.5 Å². The third-order valence-corrected chi connectivity index (χ3v) is 3.49. The lowest BCUT2D eigenvalue weighted by Gasteiger charge is -2.05. The van der Waals surface area contributed by atoms with Gasteiger partial charge in [0.1, 0.15) is 11.5 Å². The van der Waals surface area contributed by atoms with E-state index in [-0.39, 0.29) is 18.9 Å². The maximum absolute atomic E-state index is 11.9. The number of carbonyl (C=O) groups excluding carboxylic acids is 2. The molecule has 0 aromatic heterocycles. The van der Waals surface area contributed by atoms with Crippen molar-refractivity contribution in [3.05, 3.63) is 59.7 Å². The van der Waals surface area contributed by atoms with E-state index >= 15 is 0 Å². The third-order valence-electron chi connectivity index (χ3n) is 3.49. The van der Waals surface area contributed by atoms with Crippen LogP contribution in [0.3, 0.4) is 0 Å². The predicted molar refractivity (Wildman–Crippen MR) is 98.4 cm³/mol. The molecule has 7 nitrogen and oxygen atoms in total. The van der Waals surface area contributed by atoms with E-state index < -0.39 is 5.91 Å². The number of rotatable bonds is 8. The normalized spacial score (nSPS) is 10.4. The smallest absolute Gasteiger partial charge is 0.259 e. The van der Waals surface area contributed by atoms with Crippen LogP contribution < -0.4 is 20.2 Å². The van der Waals surface area contributed by atoms with Gasteiger partial charge in [-0.15, -0.1) is 0 Å². The molecule has 0 aliphatic rings. The molecule has 0 radical (unpaired) electrons. The summed E-state index contributed by atoms with van der Waals surface area (Å²) in [5.41, 5.74) is 4.01. The maximum Gasteiger partial charge on any atom is 0.259 e. The first kappa shape index (κ1) is 19.0. The Kier molecular flexibility index (Phi) is 7.17. The molecule has 2 aromatic rings. The topological polar surface area (TPSA) is 89.0 Å². The monoisotopic (exact) mass is 355 g/mol. The van der Waals surface area contributed by atoms with Crippen molar-refractivity contribution in [2.24, 2.45) is 5.10 Å². The maximum atomic E-state index is 11.9. The Morgan fingerprint density at radius 3 is 2.08 bits per heavy atom. The van der Waals surface area contributed by atoms with E-state index in [2.05, 4.69) is 15.8 Å². The Balaban J connectivity index is 1.71. The van der Waals surface area contributed by atoms with Crippen molar-refractivity contribution >= 4 is 18.0 Å². The van der Waals surface area contributed by atoms with Crippen molar-refractivity contribution < 1.29 is 19.1 Å². The average Bonchev–Trinajstić information content (AvgIpc) is 2.67. The van der Waals surface area contributed by atoms with Crippen LogP contribution in [0.15, 0.2) is 53.6 Å². The highest BCUT2D eigenvalue weighted by Gasteiger charge is 2.06. The molecule has 0 heterocycles. The number of amides is 2. The van der Waals surface area contributed by atoms with Gasteiger partial charge in [0.2, 0.25) is 5.91 Å². The van der Waals surface area contributed by atoms with Crippen LogP contribution in [0.2, 0.25) is 0 Å². The summed E-state index contributed by atoms with van der Waals surface area (Å²) in [5, 5.41) is 6.40. The lowest BCUT2D eigenvalue weighted by molar-refractivity contribution is -0.125. The van der Waals surface area contributed by atoms with Gasteiger partial charge in [0.25, 0.3) is 5.91 Å². The SMILES string of the molecule is COc1ccc(/C=N/NC(=O)CNC(=O)Cc2ccc(OC)cc2)cc1. The molecule has 0 fully saturated rings. The Morgan fingerprint density at radius 2 is 1.50 bits per heavy atom. The fraction of sp³-hybridized carbons (Fsp3) is 0.211. The number of hydrazone groups is 1. The zero-order valence-electron chi connectivity index (χ0n) is 14.7. The van der Waals surface area contributed by atoms with E-state index in [4.69, 9.17) is 9.47 Å². The van der Waals surface area contributed by atoms with Gasteiger partial charge in [0.15, 0.2) is 0 Å². The molecule has 0 aliphatic carbocycles. The molecule has 136 valence electrons. The first-order valence-corrected chi connectivity index (χ1v) is 7.96. The van der Waals surface area contributed by atoms with Crippen LogP contribution in [0.1, 0.15) is 11.1 Å². The molecule has 0 atom stereocenters. The molecule has 0 saturated heterocycles. The second kappa shape index (κ2) is 9.83. The number of benzene rings is 2. The van der Waals surface area contributed by atoms with Gasteiger partial charge < -0.3 is 14.8 Å².